The number of aliphatic hydroxyl groups is 1. The van der Waals surface area contributed by atoms with Crippen molar-refractivity contribution in [2.45, 2.75) is 226 Å². The Morgan fingerprint density at radius 1 is 0.375 bits per heavy atom. The molecule has 5 atom stereocenters. The molecule has 0 radical (unpaired) electrons. The molecule has 0 saturated carbocycles. The maximum absolute atomic E-state index is 12.7. The van der Waals surface area contributed by atoms with Gasteiger partial charge in [0, 0.05) is 25.7 Å². The van der Waals surface area contributed by atoms with Gasteiger partial charge in [-0.1, -0.05) is 156 Å². The largest absolute Gasteiger partial charge is 0.472 e. The van der Waals surface area contributed by atoms with Gasteiger partial charge in [-0.15, -0.1) is 0 Å². The van der Waals surface area contributed by atoms with E-state index in [1.807, 2.05) is 0 Å². The highest BCUT2D eigenvalue weighted by Gasteiger charge is 2.30. The molecule has 0 aliphatic carbocycles. The minimum atomic E-state index is -4.91. The van der Waals surface area contributed by atoms with Crippen LogP contribution in [0.1, 0.15) is 207 Å². The number of hydrogen-bond acceptors (Lipinski definition) is 15. The lowest BCUT2D eigenvalue weighted by Gasteiger charge is -2.21. The van der Waals surface area contributed by atoms with Crippen molar-refractivity contribution in [2.75, 3.05) is 39.6 Å². The third-order valence-electron chi connectivity index (χ3n) is 10.1. The number of hydrogen-bond donors (Lipinski definition) is 3. The average molecular weight is 961 g/mol. The van der Waals surface area contributed by atoms with Gasteiger partial charge in [-0.2, -0.15) is 0 Å². The van der Waals surface area contributed by atoms with Crippen molar-refractivity contribution in [1.82, 2.24) is 0 Å². The molecule has 378 valence electrons. The Hall–Kier alpha value is -1.94. The van der Waals surface area contributed by atoms with Crippen molar-refractivity contribution >= 4 is 39.5 Å². The zero-order chi connectivity index (χ0) is 47.7. The molecule has 0 rings (SSSR count). The molecule has 19 heteroatoms. The maximum Gasteiger partial charge on any atom is 0.472 e. The Morgan fingerprint density at radius 2 is 0.625 bits per heavy atom. The first-order valence-electron chi connectivity index (χ1n) is 24.3. The summed E-state index contributed by atoms with van der Waals surface area (Å²) in [6.45, 7) is 4.49. The molecule has 0 aromatic heterocycles. The van der Waals surface area contributed by atoms with Crippen LogP contribution in [0.15, 0.2) is 0 Å². The van der Waals surface area contributed by atoms with E-state index in [1.165, 1.54) is 0 Å². The van der Waals surface area contributed by atoms with Crippen molar-refractivity contribution < 1.29 is 80.2 Å². The lowest BCUT2D eigenvalue weighted by Crippen LogP contribution is -2.30. The Bertz CT molecular complexity index is 1190. The van der Waals surface area contributed by atoms with E-state index in [9.17, 15) is 43.2 Å². The fourth-order valence-corrected chi connectivity index (χ4v) is 7.85. The van der Waals surface area contributed by atoms with Gasteiger partial charge in [0.15, 0.2) is 12.2 Å². The molecule has 0 heterocycles. The van der Waals surface area contributed by atoms with E-state index in [0.717, 1.165) is 128 Å². The van der Waals surface area contributed by atoms with Gasteiger partial charge >= 0.3 is 39.5 Å². The lowest BCUT2D eigenvalue weighted by atomic mass is 10.1. The zero-order valence-corrected chi connectivity index (χ0v) is 41.5. The van der Waals surface area contributed by atoms with Crippen LogP contribution in [0.4, 0.5) is 0 Å². The summed E-state index contributed by atoms with van der Waals surface area (Å²) in [5, 5.41) is 10.3. The molecule has 17 nitrogen and oxygen atoms in total. The van der Waals surface area contributed by atoms with Crippen LogP contribution in [-0.2, 0) is 65.4 Å². The third kappa shape index (κ3) is 40.3. The van der Waals surface area contributed by atoms with Gasteiger partial charge in [-0.3, -0.25) is 37.3 Å². The first-order chi connectivity index (χ1) is 30.7. The van der Waals surface area contributed by atoms with Crippen molar-refractivity contribution in [3.63, 3.8) is 0 Å². The summed E-state index contributed by atoms with van der Waals surface area (Å²) in [4.78, 5) is 70.5. The molecule has 0 aliphatic heterocycles. The highest BCUT2D eigenvalue weighted by Crippen LogP contribution is 2.45. The van der Waals surface area contributed by atoms with Crippen LogP contribution >= 0.6 is 15.6 Å². The third-order valence-corrected chi connectivity index (χ3v) is 12.0. The molecule has 64 heavy (non-hydrogen) atoms. The zero-order valence-electron chi connectivity index (χ0n) is 39.7. The summed E-state index contributed by atoms with van der Waals surface area (Å²) in [7, 11) is -9.82. The van der Waals surface area contributed by atoms with E-state index in [1.54, 1.807) is 0 Å². The molecule has 0 fully saturated rings. The van der Waals surface area contributed by atoms with Crippen molar-refractivity contribution in [3.05, 3.63) is 0 Å². The number of ether oxygens (including phenoxy) is 4. The lowest BCUT2D eigenvalue weighted by molar-refractivity contribution is -0.161. The van der Waals surface area contributed by atoms with Crippen LogP contribution in [0.3, 0.4) is 0 Å². The van der Waals surface area contributed by atoms with Crippen LogP contribution < -0.4 is 0 Å². The van der Waals surface area contributed by atoms with Crippen LogP contribution in [0, 0.1) is 0 Å². The average Bonchev–Trinajstić information content (AvgIpc) is 3.26. The maximum atomic E-state index is 12.7. The number of aliphatic hydroxyl groups excluding tert-OH is 1. The van der Waals surface area contributed by atoms with Gasteiger partial charge in [0.2, 0.25) is 0 Å². The topological polar surface area (TPSA) is 237 Å². The number of carbonyl (C=O) groups excluding carboxylic acids is 4. The van der Waals surface area contributed by atoms with Gasteiger partial charge < -0.3 is 33.8 Å². The summed E-state index contributed by atoms with van der Waals surface area (Å²) in [5.74, 6) is -2.19. The monoisotopic (exact) mass is 961 g/mol. The molecule has 0 bridgehead atoms. The summed E-state index contributed by atoms with van der Waals surface area (Å²) < 4.78 is 66.6. The van der Waals surface area contributed by atoms with Gasteiger partial charge in [0.05, 0.1) is 26.4 Å². The molecular formula is C45H86O17P2. The smallest absolute Gasteiger partial charge is 0.462 e. The van der Waals surface area contributed by atoms with E-state index < -0.39 is 97.5 Å². The molecule has 3 unspecified atom stereocenters. The SMILES string of the molecule is CCCCCCCCC(=O)OC[C@H](COP(=O)(O)OCC(O)COP(=O)(O)OC[C@H](COC(=O)CCCCCCCC)OC(=O)CCCCCCCC)OC(=O)CCCCCCCC. The fourth-order valence-electron chi connectivity index (χ4n) is 6.27. The molecular weight excluding hydrogens is 874 g/mol. The number of esters is 4. The van der Waals surface area contributed by atoms with Crippen molar-refractivity contribution in [2.24, 2.45) is 0 Å². The Morgan fingerprint density at radius 3 is 0.922 bits per heavy atom. The van der Waals surface area contributed by atoms with E-state index >= 15 is 0 Å². The van der Waals surface area contributed by atoms with Crippen LogP contribution in [0.2, 0.25) is 0 Å². The molecule has 0 aliphatic rings. The number of phosphoric ester groups is 2. The second-order valence-electron chi connectivity index (χ2n) is 16.4. The van der Waals surface area contributed by atoms with Crippen LogP contribution in [0.5, 0.6) is 0 Å². The van der Waals surface area contributed by atoms with Crippen LogP contribution in [-0.4, -0.2) is 96.7 Å². The van der Waals surface area contributed by atoms with E-state index in [0.29, 0.717) is 25.7 Å². The summed E-state index contributed by atoms with van der Waals surface area (Å²) in [6.07, 6.45) is 19.4. The second-order valence-corrected chi connectivity index (χ2v) is 19.3. The van der Waals surface area contributed by atoms with E-state index in [2.05, 4.69) is 27.7 Å². The number of unbranched alkanes of at least 4 members (excludes halogenated alkanes) is 20. The van der Waals surface area contributed by atoms with Crippen molar-refractivity contribution in [3.8, 4) is 0 Å². The van der Waals surface area contributed by atoms with Gasteiger partial charge in [-0.25, -0.2) is 9.13 Å². The Balaban J connectivity index is 5.14. The molecule has 0 spiro atoms. The number of rotatable bonds is 46. The highest BCUT2D eigenvalue weighted by atomic mass is 31.2. The summed E-state index contributed by atoms with van der Waals surface area (Å²) >= 11 is 0. The standard InChI is InChI=1S/C45H86O17P2/c1-5-9-13-17-21-25-29-42(47)55-35-40(61-44(49)31-27-23-19-15-11-7-3)37-59-63(51,52)57-33-39(46)34-58-64(53,54)60-38-41(62-45(50)32-28-24-20-16-12-8-4)36-56-43(48)30-26-22-18-14-10-6-2/h39-41,46H,5-38H2,1-4H3,(H,51,52)(H,53,54)/t39?,40-,41+. The number of phosphoric acid groups is 2. The predicted molar refractivity (Wildman–Crippen MR) is 243 cm³/mol. The van der Waals surface area contributed by atoms with Gasteiger partial charge in [0.1, 0.15) is 19.3 Å². The minimum absolute atomic E-state index is 0.101. The normalized spacial score (nSPS) is 14.8. The first kappa shape index (κ1) is 62.1. The molecule has 0 saturated heterocycles. The van der Waals surface area contributed by atoms with E-state index in [4.69, 9.17) is 37.0 Å². The second kappa shape index (κ2) is 41.3. The number of carbonyl (C=O) groups is 4. The summed E-state index contributed by atoms with van der Waals surface area (Å²) in [6, 6.07) is 0. The Kier molecular flexibility index (Phi) is 40.0. The van der Waals surface area contributed by atoms with Crippen molar-refractivity contribution in [1.29, 1.82) is 0 Å². The summed E-state index contributed by atoms with van der Waals surface area (Å²) in [5.41, 5.74) is 0. The van der Waals surface area contributed by atoms with Gasteiger partial charge in [-0.05, 0) is 25.7 Å². The minimum Gasteiger partial charge on any atom is -0.462 e. The molecule has 0 amide bonds. The predicted octanol–water partition coefficient (Wildman–Crippen LogP) is 10.5. The molecule has 0 aromatic carbocycles. The van der Waals surface area contributed by atoms with Gasteiger partial charge in [0.25, 0.3) is 0 Å². The molecule has 3 N–H and O–H groups in total. The Labute approximate surface area is 384 Å². The van der Waals surface area contributed by atoms with E-state index in [-0.39, 0.29) is 25.7 Å². The highest BCUT2D eigenvalue weighted by molar-refractivity contribution is 7.47. The first-order valence-corrected chi connectivity index (χ1v) is 27.3. The fraction of sp³-hybridized carbons (Fsp3) is 0.911. The molecule has 0 aromatic rings. The quantitative estimate of drug-likeness (QED) is 0.0222. The van der Waals surface area contributed by atoms with Crippen LogP contribution in [0.25, 0.3) is 0 Å².